The standard InChI is InChI=1S/C22H26N4O4S/c1-4-10-23-22(27)21-20-19(12-18(25-21)15-5-7-17(30-3)8-6-15)26(14(2)24-20)16-9-11-31(28,29)13-16/h5-8,12,16H,4,9-11,13H2,1-3H3,(H,23,27). The van der Waals surface area contributed by atoms with Crippen LogP contribution in [0.4, 0.5) is 0 Å². The van der Waals surface area contributed by atoms with Gasteiger partial charge in [0.1, 0.15) is 17.1 Å². The Labute approximate surface area is 181 Å². The maximum absolute atomic E-state index is 12.9. The number of fused-ring (bicyclic) bond motifs is 1. The number of nitrogens with one attached hydrogen (secondary N) is 1. The molecule has 4 rings (SSSR count). The molecular formula is C22H26N4O4S. The number of ether oxygens (including phenoxy) is 1. The third-order valence-electron chi connectivity index (χ3n) is 5.56. The minimum Gasteiger partial charge on any atom is -0.497 e. The van der Waals surface area contributed by atoms with Gasteiger partial charge in [-0.3, -0.25) is 4.79 Å². The molecule has 1 amide bonds. The van der Waals surface area contributed by atoms with E-state index in [1.54, 1.807) is 7.11 Å². The quantitative estimate of drug-likeness (QED) is 0.630. The Balaban J connectivity index is 1.90. The van der Waals surface area contributed by atoms with E-state index in [2.05, 4.69) is 15.3 Å². The monoisotopic (exact) mass is 442 g/mol. The Morgan fingerprint density at radius 1 is 1.26 bits per heavy atom. The van der Waals surface area contributed by atoms with Crippen molar-refractivity contribution in [3.8, 4) is 17.0 Å². The smallest absolute Gasteiger partial charge is 0.272 e. The van der Waals surface area contributed by atoms with Crippen LogP contribution in [0.15, 0.2) is 30.3 Å². The first kappa shape index (κ1) is 21.3. The Bertz CT molecular complexity index is 1230. The molecule has 1 aliphatic rings. The fourth-order valence-corrected chi connectivity index (χ4v) is 5.74. The Morgan fingerprint density at radius 3 is 2.61 bits per heavy atom. The van der Waals surface area contributed by atoms with Gasteiger partial charge in [-0.05, 0) is 50.1 Å². The number of carbonyl (C=O) groups excluding carboxylic acids is 1. The number of pyridine rings is 1. The van der Waals surface area contributed by atoms with E-state index < -0.39 is 9.84 Å². The number of aromatic nitrogens is 3. The molecule has 1 fully saturated rings. The van der Waals surface area contributed by atoms with Crippen LogP contribution in [0.25, 0.3) is 22.3 Å². The molecule has 0 bridgehead atoms. The molecule has 1 aliphatic heterocycles. The van der Waals surface area contributed by atoms with Gasteiger partial charge in [0, 0.05) is 12.1 Å². The van der Waals surface area contributed by atoms with E-state index >= 15 is 0 Å². The van der Waals surface area contributed by atoms with E-state index in [1.807, 2.05) is 48.7 Å². The molecule has 31 heavy (non-hydrogen) atoms. The molecule has 0 aliphatic carbocycles. The zero-order valence-electron chi connectivity index (χ0n) is 17.9. The summed E-state index contributed by atoms with van der Waals surface area (Å²) in [5.41, 5.74) is 2.92. The lowest BCUT2D eigenvalue weighted by molar-refractivity contribution is 0.0950. The van der Waals surface area contributed by atoms with E-state index in [-0.39, 0.29) is 29.1 Å². The van der Waals surface area contributed by atoms with Crippen molar-refractivity contribution in [1.82, 2.24) is 19.9 Å². The number of sulfone groups is 1. The fourth-order valence-electron chi connectivity index (χ4n) is 4.04. The van der Waals surface area contributed by atoms with Crippen molar-refractivity contribution in [2.24, 2.45) is 0 Å². The van der Waals surface area contributed by atoms with Crippen LogP contribution in [0.3, 0.4) is 0 Å². The second-order valence-corrected chi connectivity index (χ2v) is 10.0. The van der Waals surface area contributed by atoms with Gasteiger partial charge in [0.15, 0.2) is 15.5 Å². The normalized spacial score (nSPS) is 17.7. The molecule has 3 aromatic rings. The highest BCUT2D eigenvalue weighted by atomic mass is 32.2. The van der Waals surface area contributed by atoms with Gasteiger partial charge in [-0.1, -0.05) is 6.92 Å². The second-order valence-electron chi connectivity index (χ2n) is 7.79. The topological polar surface area (TPSA) is 103 Å². The maximum Gasteiger partial charge on any atom is 0.272 e. The fraction of sp³-hybridized carbons (Fsp3) is 0.409. The molecule has 2 aromatic heterocycles. The van der Waals surface area contributed by atoms with Crippen molar-refractivity contribution in [3.63, 3.8) is 0 Å². The predicted octanol–water partition coefficient (Wildman–Crippen LogP) is 2.91. The number of aryl methyl sites for hydroxylation is 1. The molecule has 1 unspecified atom stereocenters. The molecule has 3 heterocycles. The summed E-state index contributed by atoms with van der Waals surface area (Å²) >= 11 is 0. The van der Waals surface area contributed by atoms with E-state index in [4.69, 9.17) is 4.74 Å². The molecule has 1 atom stereocenters. The van der Waals surface area contributed by atoms with Crippen molar-refractivity contribution >= 4 is 26.8 Å². The number of rotatable bonds is 6. The van der Waals surface area contributed by atoms with Crippen molar-refractivity contribution in [1.29, 1.82) is 0 Å². The summed E-state index contributed by atoms with van der Waals surface area (Å²) in [6.45, 7) is 4.36. The predicted molar refractivity (Wildman–Crippen MR) is 119 cm³/mol. The summed E-state index contributed by atoms with van der Waals surface area (Å²) in [6.07, 6.45) is 1.34. The summed E-state index contributed by atoms with van der Waals surface area (Å²) < 4.78 is 31.4. The van der Waals surface area contributed by atoms with Crippen molar-refractivity contribution in [2.45, 2.75) is 32.7 Å². The van der Waals surface area contributed by atoms with Crippen LogP contribution in [0.1, 0.15) is 42.1 Å². The molecule has 0 saturated carbocycles. The number of amides is 1. The summed E-state index contributed by atoms with van der Waals surface area (Å²) in [6, 6.07) is 9.13. The molecule has 0 spiro atoms. The molecule has 1 aromatic carbocycles. The molecule has 1 N–H and O–H groups in total. The maximum atomic E-state index is 12.9. The third-order valence-corrected chi connectivity index (χ3v) is 7.31. The summed E-state index contributed by atoms with van der Waals surface area (Å²) in [4.78, 5) is 22.2. The van der Waals surface area contributed by atoms with Gasteiger partial charge in [0.05, 0.1) is 35.9 Å². The average molecular weight is 443 g/mol. The van der Waals surface area contributed by atoms with E-state index in [9.17, 15) is 13.2 Å². The van der Waals surface area contributed by atoms with Crippen LogP contribution in [-0.2, 0) is 9.84 Å². The van der Waals surface area contributed by atoms with Gasteiger partial charge in [-0.25, -0.2) is 18.4 Å². The first-order valence-electron chi connectivity index (χ1n) is 10.4. The lowest BCUT2D eigenvalue weighted by Crippen LogP contribution is -2.25. The van der Waals surface area contributed by atoms with Crippen LogP contribution >= 0.6 is 0 Å². The number of methoxy groups -OCH3 is 1. The summed E-state index contributed by atoms with van der Waals surface area (Å²) in [5.74, 6) is 1.36. The average Bonchev–Trinajstić information content (AvgIpc) is 3.28. The molecular weight excluding hydrogens is 416 g/mol. The van der Waals surface area contributed by atoms with Gasteiger partial charge < -0.3 is 14.6 Å². The first-order chi connectivity index (χ1) is 14.8. The Morgan fingerprint density at radius 2 is 2.00 bits per heavy atom. The zero-order chi connectivity index (χ0) is 22.2. The van der Waals surface area contributed by atoms with Crippen LogP contribution in [0.2, 0.25) is 0 Å². The molecule has 1 saturated heterocycles. The number of nitrogens with zero attached hydrogens (tertiary/aromatic N) is 3. The highest BCUT2D eigenvalue weighted by molar-refractivity contribution is 7.91. The van der Waals surface area contributed by atoms with Gasteiger partial charge in [0.2, 0.25) is 0 Å². The summed E-state index contributed by atoms with van der Waals surface area (Å²) in [5, 5.41) is 2.88. The van der Waals surface area contributed by atoms with E-state index in [1.165, 1.54) is 0 Å². The first-order valence-corrected chi connectivity index (χ1v) is 12.2. The molecule has 8 nitrogen and oxygen atoms in total. The highest BCUT2D eigenvalue weighted by Gasteiger charge is 2.32. The second kappa shape index (κ2) is 8.30. The summed E-state index contributed by atoms with van der Waals surface area (Å²) in [7, 11) is -1.47. The van der Waals surface area contributed by atoms with Crippen molar-refractivity contribution in [3.05, 3.63) is 41.9 Å². The van der Waals surface area contributed by atoms with Crippen LogP contribution in [0, 0.1) is 6.92 Å². The largest absolute Gasteiger partial charge is 0.497 e. The minimum atomic E-state index is -3.07. The van der Waals surface area contributed by atoms with Crippen LogP contribution < -0.4 is 10.1 Å². The van der Waals surface area contributed by atoms with E-state index in [0.29, 0.717) is 30.0 Å². The zero-order valence-corrected chi connectivity index (χ0v) is 18.7. The lowest BCUT2D eigenvalue weighted by atomic mass is 10.1. The Hall–Kier alpha value is -2.94. The van der Waals surface area contributed by atoms with Gasteiger partial charge in [0.25, 0.3) is 5.91 Å². The minimum absolute atomic E-state index is 0.0802. The lowest BCUT2D eigenvalue weighted by Gasteiger charge is -2.15. The highest BCUT2D eigenvalue weighted by Crippen LogP contribution is 2.32. The number of benzene rings is 1. The molecule has 164 valence electrons. The molecule has 9 heteroatoms. The number of carbonyl (C=O) groups is 1. The number of imidazole rings is 1. The third kappa shape index (κ3) is 4.14. The van der Waals surface area contributed by atoms with Gasteiger partial charge >= 0.3 is 0 Å². The Kier molecular flexibility index (Phi) is 5.70. The van der Waals surface area contributed by atoms with Crippen LogP contribution in [-0.4, -0.2) is 54.0 Å². The number of hydrogen-bond donors (Lipinski definition) is 1. The van der Waals surface area contributed by atoms with Gasteiger partial charge in [-0.15, -0.1) is 0 Å². The molecule has 0 radical (unpaired) electrons. The van der Waals surface area contributed by atoms with E-state index in [0.717, 1.165) is 23.3 Å². The number of hydrogen-bond acceptors (Lipinski definition) is 6. The van der Waals surface area contributed by atoms with Crippen molar-refractivity contribution in [2.75, 3.05) is 25.2 Å². The van der Waals surface area contributed by atoms with Crippen molar-refractivity contribution < 1.29 is 17.9 Å². The van der Waals surface area contributed by atoms with Gasteiger partial charge in [-0.2, -0.15) is 0 Å². The van der Waals surface area contributed by atoms with Crippen LogP contribution in [0.5, 0.6) is 5.75 Å². The SMILES string of the molecule is CCCNC(=O)c1nc(-c2ccc(OC)cc2)cc2c1nc(C)n2C1CCS(=O)(=O)C1.